The van der Waals surface area contributed by atoms with Crippen LogP contribution in [-0.4, -0.2) is 36.7 Å². The lowest BCUT2D eigenvalue weighted by Gasteiger charge is -2.26. The fraction of sp³-hybridized carbons (Fsp3) is 1.00. The summed E-state index contributed by atoms with van der Waals surface area (Å²) in [5.41, 5.74) is 0. The normalized spacial score (nSPS) is 33.8. The summed E-state index contributed by atoms with van der Waals surface area (Å²) in [6, 6.07) is 0.650. The van der Waals surface area contributed by atoms with Crippen molar-refractivity contribution >= 4 is 0 Å². The molecule has 2 heteroatoms. The Kier molecular flexibility index (Phi) is 3.53. The van der Waals surface area contributed by atoms with E-state index in [4.69, 9.17) is 4.74 Å². The molecule has 0 amide bonds. The third kappa shape index (κ3) is 2.76. The molecule has 2 unspecified atom stereocenters. The van der Waals surface area contributed by atoms with E-state index in [-0.39, 0.29) is 0 Å². The minimum atomic E-state index is 0.400. The highest BCUT2D eigenvalue weighted by atomic mass is 16.5. The lowest BCUT2D eigenvalue weighted by molar-refractivity contribution is 0.0550. The van der Waals surface area contributed by atoms with Crippen LogP contribution in [0.15, 0.2) is 0 Å². The molecule has 72 valence electrons. The van der Waals surface area contributed by atoms with Gasteiger partial charge in [-0.25, -0.2) is 0 Å². The molecule has 1 saturated heterocycles. The van der Waals surface area contributed by atoms with Crippen LogP contribution >= 0.6 is 0 Å². The van der Waals surface area contributed by atoms with E-state index >= 15 is 0 Å². The van der Waals surface area contributed by atoms with Gasteiger partial charge in [0.25, 0.3) is 0 Å². The van der Waals surface area contributed by atoms with E-state index in [0.717, 1.165) is 13.2 Å². The van der Waals surface area contributed by atoms with Gasteiger partial charge < -0.3 is 4.74 Å². The van der Waals surface area contributed by atoms with Crippen LogP contribution in [0.2, 0.25) is 0 Å². The van der Waals surface area contributed by atoms with Crippen molar-refractivity contribution in [2.24, 2.45) is 5.92 Å². The first kappa shape index (κ1) is 10.0. The molecule has 1 fully saturated rings. The van der Waals surface area contributed by atoms with E-state index in [9.17, 15) is 0 Å². The summed E-state index contributed by atoms with van der Waals surface area (Å²) in [7, 11) is 0. The van der Waals surface area contributed by atoms with E-state index in [1.807, 2.05) is 0 Å². The summed E-state index contributed by atoms with van der Waals surface area (Å²) in [5, 5.41) is 0. The van der Waals surface area contributed by atoms with Gasteiger partial charge in [-0.2, -0.15) is 0 Å². The largest absolute Gasteiger partial charge is 0.377 e. The SMILES string of the molecule is CC1COC(C)CN(C(C)C)C1. The van der Waals surface area contributed by atoms with E-state index in [0.29, 0.717) is 18.1 Å². The monoisotopic (exact) mass is 171 g/mol. The van der Waals surface area contributed by atoms with Crippen LogP contribution in [0.5, 0.6) is 0 Å². The first-order valence-corrected chi connectivity index (χ1v) is 4.95. The lowest BCUT2D eigenvalue weighted by Crippen LogP contribution is -2.37. The molecule has 0 bridgehead atoms. The molecule has 0 radical (unpaired) electrons. The van der Waals surface area contributed by atoms with Crippen LogP contribution in [0.4, 0.5) is 0 Å². The average Bonchev–Trinajstić information content (AvgIpc) is 2.13. The summed E-state index contributed by atoms with van der Waals surface area (Å²) in [4.78, 5) is 2.50. The summed E-state index contributed by atoms with van der Waals surface area (Å²) in [6.07, 6.45) is 0.400. The van der Waals surface area contributed by atoms with Crippen molar-refractivity contribution in [2.75, 3.05) is 19.7 Å². The van der Waals surface area contributed by atoms with Crippen LogP contribution in [0.3, 0.4) is 0 Å². The zero-order valence-electron chi connectivity index (χ0n) is 8.71. The minimum Gasteiger partial charge on any atom is -0.377 e. The van der Waals surface area contributed by atoms with E-state index < -0.39 is 0 Å². The fourth-order valence-electron chi connectivity index (χ4n) is 1.66. The predicted molar refractivity (Wildman–Crippen MR) is 51.3 cm³/mol. The van der Waals surface area contributed by atoms with E-state index in [2.05, 4.69) is 32.6 Å². The maximum atomic E-state index is 5.65. The highest BCUT2D eigenvalue weighted by Crippen LogP contribution is 2.12. The number of rotatable bonds is 1. The van der Waals surface area contributed by atoms with Crippen molar-refractivity contribution in [3.8, 4) is 0 Å². The second kappa shape index (κ2) is 4.24. The molecule has 0 N–H and O–H groups in total. The molecule has 0 aromatic carbocycles. The quantitative estimate of drug-likeness (QED) is 0.596. The first-order chi connectivity index (χ1) is 5.59. The van der Waals surface area contributed by atoms with Crippen LogP contribution in [0.1, 0.15) is 27.7 Å². The van der Waals surface area contributed by atoms with Crippen LogP contribution in [-0.2, 0) is 4.74 Å². The van der Waals surface area contributed by atoms with Gasteiger partial charge in [0.1, 0.15) is 0 Å². The molecule has 2 nitrogen and oxygen atoms in total. The Hall–Kier alpha value is -0.0800. The summed E-state index contributed by atoms with van der Waals surface area (Å²) < 4.78 is 5.65. The van der Waals surface area contributed by atoms with Crippen molar-refractivity contribution in [1.82, 2.24) is 4.90 Å². The molecule has 12 heavy (non-hydrogen) atoms. The fourth-order valence-corrected chi connectivity index (χ4v) is 1.66. The molecule has 0 saturated carbocycles. The van der Waals surface area contributed by atoms with Gasteiger partial charge in [0.15, 0.2) is 0 Å². The first-order valence-electron chi connectivity index (χ1n) is 4.95. The standard InChI is InChI=1S/C10H21NO/c1-8(2)11-5-9(3)7-12-10(4)6-11/h8-10H,5-7H2,1-4H3. The second-order valence-electron chi connectivity index (χ2n) is 4.30. The van der Waals surface area contributed by atoms with Crippen molar-refractivity contribution < 1.29 is 4.74 Å². The maximum Gasteiger partial charge on any atom is 0.0674 e. The summed E-state index contributed by atoms with van der Waals surface area (Å²) >= 11 is 0. The van der Waals surface area contributed by atoms with E-state index in [1.165, 1.54) is 6.54 Å². The Morgan fingerprint density at radius 1 is 1.25 bits per heavy atom. The number of nitrogens with zero attached hydrogens (tertiary/aromatic N) is 1. The maximum absolute atomic E-state index is 5.65. The molecule has 0 aromatic heterocycles. The number of ether oxygens (including phenoxy) is 1. The molecule has 1 aliphatic heterocycles. The van der Waals surface area contributed by atoms with Crippen LogP contribution in [0, 0.1) is 5.92 Å². The van der Waals surface area contributed by atoms with Crippen molar-refractivity contribution in [2.45, 2.75) is 39.8 Å². The zero-order valence-corrected chi connectivity index (χ0v) is 8.71. The topological polar surface area (TPSA) is 12.5 Å². The second-order valence-corrected chi connectivity index (χ2v) is 4.30. The van der Waals surface area contributed by atoms with E-state index in [1.54, 1.807) is 0 Å². The molecule has 0 aromatic rings. The number of hydrogen-bond donors (Lipinski definition) is 0. The molecule has 1 heterocycles. The van der Waals surface area contributed by atoms with Gasteiger partial charge in [-0.15, -0.1) is 0 Å². The molecular weight excluding hydrogens is 150 g/mol. The Bertz CT molecular complexity index is 124. The van der Waals surface area contributed by atoms with Crippen LogP contribution < -0.4 is 0 Å². The van der Waals surface area contributed by atoms with Gasteiger partial charge in [-0.05, 0) is 26.7 Å². The summed E-state index contributed by atoms with van der Waals surface area (Å²) in [5.74, 6) is 0.678. The predicted octanol–water partition coefficient (Wildman–Crippen LogP) is 1.75. The van der Waals surface area contributed by atoms with Gasteiger partial charge in [0.05, 0.1) is 12.7 Å². The molecular formula is C10H21NO. The third-order valence-electron chi connectivity index (χ3n) is 2.43. The van der Waals surface area contributed by atoms with Gasteiger partial charge in [-0.1, -0.05) is 6.92 Å². The van der Waals surface area contributed by atoms with Crippen molar-refractivity contribution in [3.05, 3.63) is 0 Å². The van der Waals surface area contributed by atoms with Crippen LogP contribution in [0.25, 0.3) is 0 Å². The van der Waals surface area contributed by atoms with Crippen molar-refractivity contribution in [1.29, 1.82) is 0 Å². The van der Waals surface area contributed by atoms with Gasteiger partial charge in [0.2, 0.25) is 0 Å². The van der Waals surface area contributed by atoms with Gasteiger partial charge in [-0.3, -0.25) is 4.90 Å². The number of hydrogen-bond acceptors (Lipinski definition) is 2. The molecule has 1 aliphatic rings. The molecule has 2 atom stereocenters. The molecule has 0 spiro atoms. The lowest BCUT2D eigenvalue weighted by atomic mass is 10.1. The Morgan fingerprint density at radius 3 is 2.50 bits per heavy atom. The zero-order chi connectivity index (χ0) is 9.14. The Morgan fingerprint density at radius 2 is 1.92 bits per heavy atom. The average molecular weight is 171 g/mol. The molecule has 1 rings (SSSR count). The Balaban J connectivity index is 2.49. The smallest absolute Gasteiger partial charge is 0.0674 e. The third-order valence-corrected chi connectivity index (χ3v) is 2.43. The van der Waals surface area contributed by atoms with Crippen molar-refractivity contribution in [3.63, 3.8) is 0 Å². The molecule has 0 aliphatic carbocycles. The summed E-state index contributed by atoms with van der Waals surface area (Å²) in [6.45, 7) is 12.1. The van der Waals surface area contributed by atoms with Gasteiger partial charge >= 0.3 is 0 Å². The Labute approximate surface area is 75.9 Å². The highest BCUT2D eigenvalue weighted by molar-refractivity contribution is 4.72. The van der Waals surface area contributed by atoms with Gasteiger partial charge in [0, 0.05) is 19.1 Å². The highest BCUT2D eigenvalue weighted by Gasteiger charge is 2.20. The minimum absolute atomic E-state index is 0.400.